The van der Waals surface area contributed by atoms with Crippen molar-refractivity contribution >= 4 is 17.4 Å². The molecule has 3 rings (SSSR count). The smallest absolute Gasteiger partial charge is 0.133 e. The zero-order chi connectivity index (χ0) is 16.2. The Morgan fingerprint density at radius 3 is 2.48 bits per heavy atom. The maximum atomic E-state index is 12.1. The molecular weight excluding hydrogens is 306 g/mol. The van der Waals surface area contributed by atoms with Crippen LogP contribution in [0.2, 0.25) is 5.02 Å². The largest absolute Gasteiger partial charge is 0.300 e. The number of Topliss-reactive ketones (excluding diaryl/α,β-unsaturated/α-hetero) is 1. The van der Waals surface area contributed by atoms with E-state index >= 15 is 0 Å². The third kappa shape index (κ3) is 4.01. The Kier molecular flexibility index (Phi) is 5.14. The lowest BCUT2D eigenvalue weighted by Gasteiger charge is -2.38. The first-order valence-corrected chi connectivity index (χ1v) is 8.53. The molecule has 23 heavy (non-hydrogen) atoms. The van der Waals surface area contributed by atoms with Crippen molar-refractivity contribution in [2.24, 2.45) is 5.92 Å². The average Bonchev–Trinajstić information content (AvgIpc) is 2.56. The summed E-state index contributed by atoms with van der Waals surface area (Å²) in [6.45, 7) is 4.56. The van der Waals surface area contributed by atoms with Crippen molar-refractivity contribution in [2.45, 2.75) is 25.8 Å². The second-order valence-corrected chi connectivity index (χ2v) is 6.82. The quantitative estimate of drug-likeness (QED) is 0.822. The summed E-state index contributed by atoms with van der Waals surface area (Å²) in [6.07, 6.45) is 0.926. The highest BCUT2D eigenvalue weighted by Gasteiger charge is 2.33. The van der Waals surface area contributed by atoms with E-state index in [9.17, 15) is 4.79 Å². The fourth-order valence-electron chi connectivity index (χ4n) is 3.54. The lowest BCUT2D eigenvalue weighted by Crippen LogP contribution is -2.41. The predicted molar refractivity (Wildman–Crippen MR) is 94.7 cm³/mol. The molecule has 1 unspecified atom stereocenters. The van der Waals surface area contributed by atoms with Gasteiger partial charge in [-0.25, -0.2) is 0 Å². The number of nitrogens with zero attached hydrogens (tertiary/aromatic N) is 1. The van der Waals surface area contributed by atoms with Gasteiger partial charge in [-0.2, -0.15) is 0 Å². The number of carbonyl (C=O) groups is 1. The first-order valence-electron chi connectivity index (χ1n) is 8.15. The third-order valence-corrected chi connectivity index (χ3v) is 5.02. The third-order valence-electron chi connectivity index (χ3n) is 4.77. The summed E-state index contributed by atoms with van der Waals surface area (Å²) in [7, 11) is 0. The molecule has 120 valence electrons. The van der Waals surface area contributed by atoms with Gasteiger partial charge in [0.25, 0.3) is 0 Å². The fraction of sp³-hybridized carbons (Fsp3) is 0.350. The maximum absolute atomic E-state index is 12.1. The predicted octanol–water partition coefficient (Wildman–Crippen LogP) is 4.53. The SMILES string of the molecule is CC(=O)[C@@H]1CCN(Cc2ccccc2)CC1c1ccc(Cl)cc1. The van der Waals surface area contributed by atoms with Gasteiger partial charge in [0.2, 0.25) is 0 Å². The molecule has 0 N–H and O–H groups in total. The number of carbonyl (C=O) groups excluding carboxylic acids is 1. The molecule has 0 aliphatic carbocycles. The number of ketones is 1. The van der Waals surface area contributed by atoms with Gasteiger partial charge in [0.15, 0.2) is 0 Å². The van der Waals surface area contributed by atoms with Crippen LogP contribution in [0.25, 0.3) is 0 Å². The molecule has 0 aromatic heterocycles. The molecule has 1 aliphatic heterocycles. The lowest BCUT2D eigenvalue weighted by molar-refractivity contribution is -0.122. The van der Waals surface area contributed by atoms with E-state index in [0.717, 1.165) is 31.1 Å². The molecule has 1 heterocycles. The molecule has 0 spiro atoms. The Hall–Kier alpha value is -1.64. The minimum Gasteiger partial charge on any atom is -0.300 e. The Bertz CT molecular complexity index is 653. The molecule has 2 nitrogen and oxygen atoms in total. The van der Waals surface area contributed by atoms with E-state index in [-0.39, 0.29) is 11.8 Å². The van der Waals surface area contributed by atoms with Crippen LogP contribution in [0.15, 0.2) is 54.6 Å². The molecule has 2 aromatic carbocycles. The van der Waals surface area contributed by atoms with Gasteiger partial charge in [0.1, 0.15) is 5.78 Å². The fourth-order valence-corrected chi connectivity index (χ4v) is 3.67. The van der Waals surface area contributed by atoms with Crippen LogP contribution in [-0.2, 0) is 11.3 Å². The van der Waals surface area contributed by atoms with Crippen LogP contribution in [0.4, 0.5) is 0 Å². The van der Waals surface area contributed by atoms with Gasteiger partial charge in [-0.1, -0.05) is 54.1 Å². The van der Waals surface area contributed by atoms with Crippen LogP contribution in [0, 0.1) is 5.92 Å². The second kappa shape index (κ2) is 7.29. The van der Waals surface area contributed by atoms with Crippen molar-refractivity contribution in [2.75, 3.05) is 13.1 Å². The molecule has 1 aliphatic rings. The molecule has 0 saturated carbocycles. The summed E-state index contributed by atoms with van der Waals surface area (Å²) in [6, 6.07) is 18.5. The standard InChI is InChI=1S/C20H22ClNO/c1-15(23)19-11-12-22(13-16-5-3-2-4-6-16)14-20(19)17-7-9-18(21)10-8-17/h2-10,19-20H,11-14H2,1H3/t19-,20?/m0/s1. The van der Waals surface area contributed by atoms with E-state index in [1.165, 1.54) is 11.1 Å². The van der Waals surface area contributed by atoms with Crippen LogP contribution in [-0.4, -0.2) is 23.8 Å². The molecular formula is C20H22ClNO. The Labute approximate surface area is 143 Å². The van der Waals surface area contributed by atoms with E-state index in [1.807, 2.05) is 18.2 Å². The van der Waals surface area contributed by atoms with E-state index in [0.29, 0.717) is 5.78 Å². The molecule has 1 saturated heterocycles. The minimum atomic E-state index is 0.114. The number of benzene rings is 2. The number of hydrogen-bond donors (Lipinski definition) is 0. The maximum Gasteiger partial charge on any atom is 0.133 e. The topological polar surface area (TPSA) is 20.3 Å². The van der Waals surface area contributed by atoms with Gasteiger partial charge < -0.3 is 0 Å². The van der Waals surface area contributed by atoms with Crippen molar-refractivity contribution in [3.63, 3.8) is 0 Å². The molecule has 3 heteroatoms. The molecule has 2 atom stereocenters. The van der Waals surface area contributed by atoms with Gasteiger partial charge >= 0.3 is 0 Å². The zero-order valence-corrected chi connectivity index (χ0v) is 14.2. The number of piperidine rings is 1. The number of halogens is 1. The number of likely N-dealkylation sites (tertiary alicyclic amines) is 1. The van der Waals surface area contributed by atoms with E-state index in [2.05, 4.69) is 41.3 Å². The van der Waals surface area contributed by atoms with Crippen molar-refractivity contribution < 1.29 is 4.79 Å². The first kappa shape index (κ1) is 16.2. The number of hydrogen-bond acceptors (Lipinski definition) is 2. The Balaban J connectivity index is 1.78. The highest BCUT2D eigenvalue weighted by molar-refractivity contribution is 6.30. The average molecular weight is 328 g/mol. The number of rotatable bonds is 4. The summed E-state index contributed by atoms with van der Waals surface area (Å²) < 4.78 is 0. The lowest BCUT2D eigenvalue weighted by atomic mass is 9.78. The van der Waals surface area contributed by atoms with Crippen LogP contribution >= 0.6 is 11.6 Å². The summed E-state index contributed by atoms with van der Waals surface area (Å²) in [4.78, 5) is 14.5. The highest BCUT2D eigenvalue weighted by atomic mass is 35.5. The molecule has 0 radical (unpaired) electrons. The van der Waals surface area contributed by atoms with Gasteiger partial charge in [-0.15, -0.1) is 0 Å². The summed E-state index contributed by atoms with van der Waals surface area (Å²) in [5.74, 6) is 0.662. The zero-order valence-electron chi connectivity index (χ0n) is 13.4. The second-order valence-electron chi connectivity index (χ2n) is 6.38. The van der Waals surface area contributed by atoms with Crippen molar-refractivity contribution in [3.05, 3.63) is 70.7 Å². The molecule has 0 bridgehead atoms. The van der Waals surface area contributed by atoms with Crippen LogP contribution < -0.4 is 0 Å². The van der Waals surface area contributed by atoms with Crippen LogP contribution in [0.1, 0.15) is 30.4 Å². The van der Waals surface area contributed by atoms with Crippen LogP contribution in [0.5, 0.6) is 0 Å². The van der Waals surface area contributed by atoms with E-state index < -0.39 is 0 Å². The summed E-state index contributed by atoms with van der Waals surface area (Å²) >= 11 is 6.01. The minimum absolute atomic E-state index is 0.114. The highest BCUT2D eigenvalue weighted by Crippen LogP contribution is 2.34. The van der Waals surface area contributed by atoms with Gasteiger partial charge in [0, 0.05) is 29.9 Å². The summed E-state index contributed by atoms with van der Waals surface area (Å²) in [5.41, 5.74) is 2.54. The molecule has 0 amide bonds. The first-order chi connectivity index (χ1) is 11.1. The summed E-state index contributed by atoms with van der Waals surface area (Å²) in [5, 5.41) is 0.741. The van der Waals surface area contributed by atoms with Crippen LogP contribution in [0.3, 0.4) is 0 Å². The molecule has 2 aromatic rings. The van der Waals surface area contributed by atoms with Gasteiger partial charge in [-0.05, 0) is 43.1 Å². The van der Waals surface area contributed by atoms with Gasteiger partial charge in [0.05, 0.1) is 0 Å². The molecule has 1 fully saturated rings. The van der Waals surface area contributed by atoms with Crippen molar-refractivity contribution in [3.8, 4) is 0 Å². The Morgan fingerprint density at radius 1 is 1.13 bits per heavy atom. The normalized spacial score (nSPS) is 22.0. The monoisotopic (exact) mass is 327 g/mol. The van der Waals surface area contributed by atoms with Gasteiger partial charge in [-0.3, -0.25) is 9.69 Å². The van der Waals surface area contributed by atoms with Crippen molar-refractivity contribution in [1.82, 2.24) is 4.90 Å². The Morgan fingerprint density at radius 2 is 1.83 bits per heavy atom. The van der Waals surface area contributed by atoms with Crippen molar-refractivity contribution in [1.29, 1.82) is 0 Å². The van der Waals surface area contributed by atoms with E-state index in [4.69, 9.17) is 11.6 Å². The van der Waals surface area contributed by atoms with E-state index in [1.54, 1.807) is 6.92 Å².